The Kier molecular flexibility index (Phi) is 7.58. The van der Waals surface area contributed by atoms with E-state index in [1.165, 1.54) is 11.8 Å². The predicted octanol–water partition coefficient (Wildman–Crippen LogP) is 1.04. The van der Waals surface area contributed by atoms with Crippen LogP contribution in [-0.2, 0) is 6.42 Å². The van der Waals surface area contributed by atoms with Crippen LogP contribution in [0, 0.1) is 0 Å². The van der Waals surface area contributed by atoms with E-state index in [-0.39, 0.29) is 5.91 Å². The van der Waals surface area contributed by atoms with Crippen LogP contribution in [-0.4, -0.2) is 47.0 Å². The first-order valence-corrected chi connectivity index (χ1v) is 8.46. The summed E-state index contributed by atoms with van der Waals surface area (Å²) in [6, 6.07) is 3.95. The second kappa shape index (κ2) is 10.2. The number of carbonyl (C=O) groups excluding carboxylic acids is 1. The number of pyridine rings is 1. The molecule has 0 aliphatic rings. The van der Waals surface area contributed by atoms with Crippen LogP contribution < -0.4 is 21.7 Å². The molecular formula is C17H25N7O. The molecule has 0 fully saturated rings. The van der Waals surface area contributed by atoms with Crippen molar-refractivity contribution in [1.29, 1.82) is 0 Å². The fourth-order valence-electron chi connectivity index (χ4n) is 2.16. The van der Waals surface area contributed by atoms with Gasteiger partial charge in [0.1, 0.15) is 11.4 Å². The number of anilines is 2. The molecule has 0 radical (unpaired) electrons. The van der Waals surface area contributed by atoms with E-state index in [1.807, 2.05) is 12.1 Å². The van der Waals surface area contributed by atoms with Crippen molar-refractivity contribution in [1.82, 2.24) is 20.3 Å². The van der Waals surface area contributed by atoms with Crippen molar-refractivity contribution in [3.05, 3.63) is 41.9 Å². The third-order valence-corrected chi connectivity index (χ3v) is 3.45. The highest BCUT2D eigenvalue weighted by molar-refractivity contribution is 5.98. The summed E-state index contributed by atoms with van der Waals surface area (Å²) >= 11 is 0. The quantitative estimate of drug-likeness (QED) is 0.509. The maximum Gasteiger partial charge on any atom is 0.256 e. The smallest absolute Gasteiger partial charge is 0.256 e. The standard InChI is InChI=1S/C17H25N7O/c1-2-7-20-15-14(16(25)21-11-6-18)12-23-17(24-15)22-10-5-13-3-8-19-9-4-13/h3-4,8-9,12H,2,5-7,10-11,18H2,1H3,(H,21,25)(H2,20,22,23,24). The molecule has 0 aromatic carbocycles. The average molecular weight is 343 g/mol. The number of aromatic nitrogens is 3. The van der Waals surface area contributed by atoms with Gasteiger partial charge in [0.05, 0.1) is 0 Å². The third kappa shape index (κ3) is 6.00. The topological polar surface area (TPSA) is 118 Å². The highest BCUT2D eigenvalue weighted by atomic mass is 16.1. The summed E-state index contributed by atoms with van der Waals surface area (Å²) in [5, 5.41) is 9.10. The van der Waals surface area contributed by atoms with Gasteiger partial charge < -0.3 is 21.7 Å². The van der Waals surface area contributed by atoms with Crippen LogP contribution in [0.5, 0.6) is 0 Å². The van der Waals surface area contributed by atoms with Crippen LogP contribution in [0.3, 0.4) is 0 Å². The summed E-state index contributed by atoms with van der Waals surface area (Å²) in [5.74, 6) is 0.785. The highest BCUT2D eigenvalue weighted by Crippen LogP contribution is 2.14. The predicted molar refractivity (Wildman–Crippen MR) is 98.6 cm³/mol. The molecule has 0 bridgehead atoms. The SMILES string of the molecule is CCCNc1nc(NCCc2ccncc2)ncc1C(=O)NCCN. The monoisotopic (exact) mass is 343 g/mol. The Bertz CT molecular complexity index is 663. The van der Waals surface area contributed by atoms with Gasteiger partial charge in [-0.15, -0.1) is 0 Å². The number of nitrogens with one attached hydrogen (secondary N) is 3. The van der Waals surface area contributed by atoms with E-state index in [4.69, 9.17) is 5.73 Å². The summed E-state index contributed by atoms with van der Waals surface area (Å²) in [5.41, 5.74) is 7.03. The molecule has 0 saturated carbocycles. The lowest BCUT2D eigenvalue weighted by molar-refractivity contribution is 0.0955. The highest BCUT2D eigenvalue weighted by Gasteiger charge is 2.14. The Morgan fingerprint density at radius 2 is 1.96 bits per heavy atom. The van der Waals surface area contributed by atoms with Crippen molar-refractivity contribution < 1.29 is 4.79 Å². The number of carbonyl (C=O) groups is 1. The Labute approximate surface area is 147 Å². The Morgan fingerprint density at radius 3 is 2.68 bits per heavy atom. The minimum absolute atomic E-state index is 0.229. The first kappa shape index (κ1) is 18.6. The van der Waals surface area contributed by atoms with E-state index in [1.54, 1.807) is 12.4 Å². The molecule has 2 aromatic heterocycles. The molecule has 5 N–H and O–H groups in total. The number of nitrogens with two attached hydrogens (primary N) is 1. The molecule has 2 heterocycles. The van der Waals surface area contributed by atoms with E-state index in [0.29, 0.717) is 37.0 Å². The van der Waals surface area contributed by atoms with Gasteiger partial charge in [-0.25, -0.2) is 4.98 Å². The van der Waals surface area contributed by atoms with Crippen molar-refractivity contribution in [2.75, 3.05) is 36.8 Å². The maximum absolute atomic E-state index is 12.2. The minimum Gasteiger partial charge on any atom is -0.369 e. The molecule has 1 amide bonds. The van der Waals surface area contributed by atoms with E-state index in [2.05, 4.69) is 37.8 Å². The zero-order valence-corrected chi connectivity index (χ0v) is 14.5. The molecule has 0 unspecified atom stereocenters. The van der Waals surface area contributed by atoms with Gasteiger partial charge in [0.15, 0.2) is 0 Å². The van der Waals surface area contributed by atoms with Crippen LogP contribution in [0.1, 0.15) is 29.3 Å². The van der Waals surface area contributed by atoms with Gasteiger partial charge in [-0.1, -0.05) is 6.92 Å². The van der Waals surface area contributed by atoms with Crippen LogP contribution >= 0.6 is 0 Å². The molecule has 25 heavy (non-hydrogen) atoms. The molecule has 8 nitrogen and oxygen atoms in total. The van der Waals surface area contributed by atoms with Crippen molar-refractivity contribution in [3.63, 3.8) is 0 Å². The van der Waals surface area contributed by atoms with Gasteiger partial charge in [-0.05, 0) is 30.5 Å². The van der Waals surface area contributed by atoms with Crippen LogP contribution in [0.25, 0.3) is 0 Å². The van der Waals surface area contributed by atoms with E-state index >= 15 is 0 Å². The van der Waals surface area contributed by atoms with Crippen LogP contribution in [0.15, 0.2) is 30.7 Å². The molecule has 134 valence electrons. The van der Waals surface area contributed by atoms with Crippen LogP contribution in [0.4, 0.5) is 11.8 Å². The Morgan fingerprint density at radius 1 is 1.16 bits per heavy atom. The first-order valence-electron chi connectivity index (χ1n) is 8.46. The van der Waals surface area contributed by atoms with Crippen molar-refractivity contribution in [2.24, 2.45) is 5.73 Å². The summed E-state index contributed by atoms with van der Waals surface area (Å²) in [7, 11) is 0. The molecule has 2 aromatic rings. The second-order valence-corrected chi connectivity index (χ2v) is 5.46. The molecule has 0 saturated heterocycles. The average Bonchev–Trinajstić information content (AvgIpc) is 2.65. The zero-order chi connectivity index (χ0) is 17.9. The maximum atomic E-state index is 12.2. The second-order valence-electron chi connectivity index (χ2n) is 5.46. The number of amides is 1. The third-order valence-electron chi connectivity index (χ3n) is 3.45. The van der Waals surface area contributed by atoms with Crippen molar-refractivity contribution >= 4 is 17.7 Å². The molecule has 8 heteroatoms. The summed E-state index contributed by atoms with van der Waals surface area (Å²) in [4.78, 5) is 24.9. The number of nitrogens with zero attached hydrogens (tertiary/aromatic N) is 3. The number of hydrogen-bond donors (Lipinski definition) is 4. The molecule has 0 aliphatic heterocycles. The summed E-state index contributed by atoms with van der Waals surface area (Å²) in [6.45, 7) is 4.27. The largest absolute Gasteiger partial charge is 0.369 e. The number of rotatable bonds is 10. The van der Waals surface area contributed by atoms with Gasteiger partial charge in [-0.2, -0.15) is 4.98 Å². The van der Waals surface area contributed by atoms with E-state index in [0.717, 1.165) is 19.4 Å². The Balaban J connectivity index is 2.02. The zero-order valence-electron chi connectivity index (χ0n) is 14.5. The van der Waals surface area contributed by atoms with E-state index in [9.17, 15) is 4.79 Å². The molecule has 0 aliphatic carbocycles. The molecular weight excluding hydrogens is 318 g/mol. The van der Waals surface area contributed by atoms with Gasteiger partial charge in [-0.3, -0.25) is 9.78 Å². The Hall–Kier alpha value is -2.74. The van der Waals surface area contributed by atoms with Gasteiger partial charge in [0.2, 0.25) is 5.95 Å². The van der Waals surface area contributed by atoms with Gasteiger partial charge in [0, 0.05) is 44.8 Å². The first-order chi connectivity index (χ1) is 12.2. The molecule has 2 rings (SSSR count). The fourth-order valence-corrected chi connectivity index (χ4v) is 2.16. The lowest BCUT2D eigenvalue weighted by Crippen LogP contribution is -2.30. The lowest BCUT2D eigenvalue weighted by Gasteiger charge is -2.12. The normalized spacial score (nSPS) is 10.3. The van der Waals surface area contributed by atoms with E-state index < -0.39 is 0 Å². The van der Waals surface area contributed by atoms with Gasteiger partial charge >= 0.3 is 0 Å². The van der Waals surface area contributed by atoms with Crippen LogP contribution in [0.2, 0.25) is 0 Å². The fraction of sp³-hybridized carbons (Fsp3) is 0.412. The molecule has 0 spiro atoms. The lowest BCUT2D eigenvalue weighted by atomic mass is 10.2. The minimum atomic E-state index is -0.229. The van der Waals surface area contributed by atoms with Crippen molar-refractivity contribution in [3.8, 4) is 0 Å². The van der Waals surface area contributed by atoms with Gasteiger partial charge in [0.25, 0.3) is 5.91 Å². The number of hydrogen-bond acceptors (Lipinski definition) is 7. The summed E-state index contributed by atoms with van der Waals surface area (Å²) in [6.07, 6.45) is 6.84. The summed E-state index contributed by atoms with van der Waals surface area (Å²) < 4.78 is 0. The molecule has 0 atom stereocenters. The van der Waals surface area contributed by atoms with Crippen molar-refractivity contribution in [2.45, 2.75) is 19.8 Å².